The third-order valence-corrected chi connectivity index (χ3v) is 5.60. The van der Waals surface area contributed by atoms with Crippen molar-refractivity contribution in [1.29, 1.82) is 0 Å². The number of fused-ring (bicyclic) bond motifs is 2. The van der Waals surface area contributed by atoms with E-state index in [4.69, 9.17) is 4.74 Å². The summed E-state index contributed by atoms with van der Waals surface area (Å²) in [5.41, 5.74) is 4.17. The van der Waals surface area contributed by atoms with E-state index >= 15 is 0 Å². The SMILES string of the molecule is COc1ccc(-c2c(O)cc(O)c3c2CC(C)NC3C)c2cc(C)cc(O)c12. The average molecular weight is 379 g/mol. The lowest BCUT2D eigenvalue weighted by Gasteiger charge is -2.32. The molecule has 5 heteroatoms. The molecule has 0 fully saturated rings. The molecule has 0 spiro atoms. The molecule has 3 aromatic carbocycles. The summed E-state index contributed by atoms with van der Waals surface area (Å²) in [6, 6.07) is 8.99. The van der Waals surface area contributed by atoms with Crippen LogP contribution in [0.1, 0.15) is 36.6 Å². The smallest absolute Gasteiger partial charge is 0.130 e. The lowest BCUT2D eigenvalue weighted by Crippen LogP contribution is -2.36. The Labute approximate surface area is 164 Å². The first kappa shape index (κ1) is 18.4. The maximum Gasteiger partial charge on any atom is 0.130 e. The van der Waals surface area contributed by atoms with Crippen LogP contribution in [-0.2, 0) is 6.42 Å². The van der Waals surface area contributed by atoms with Crippen molar-refractivity contribution in [3.8, 4) is 34.1 Å². The zero-order valence-electron chi connectivity index (χ0n) is 16.5. The first-order valence-corrected chi connectivity index (χ1v) is 9.46. The maximum atomic E-state index is 10.8. The number of hydrogen-bond donors (Lipinski definition) is 4. The van der Waals surface area contributed by atoms with E-state index in [9.17, 15) is 15.3 Å². The molecule has 0 aliphatic carbocycles. The van der Waals surface area contributed by atoms with Crippen LogP contribution in [0.3, 0.4) is 0 Å². The van der Waals surface area contributed by atoms with Gasteiger partial charge < -0.3 is 25.4 Å². The second-order valence-corrected chi connectivity index (χ2v) is 7.70. The summed E-state index contributed by atoms with van der Waals surface area (Å²) in [4.78, 5) is 0. The quantitative estimate of drug-likeness (QED) is 0.526. The first-order chi connectivity index (χ1) is 13.3. The van der Waals surface area contributed by atoms with E-state index in [-0.39, 0.29) is 29.3 Å². The van der Waals surface area contributed by atoms with E-state index in [2.05, 4.69) is 12.2 Å². The van der Waals surface area contributed by atoms with E-state index in [0.717, 1.165) is 27.6 Å². The average Bonchev–Trinajstić information content (AvgIpc) is 2.60. The fourth-order valence-electron chi connectivity index (χ4n) is 4.55. The predicted octanol–water partition coefficient (Wildman–Crippen LogP) is 4.54. The van der Waals surface area contributed by atoms with Crippen molar-refractivity contribution in [3.63, 3.8) is 0 Å². The number of rotatable bonds is 2. The van der Waals surface area contributed by atoms with Crippen molar-refractivity contribution in [1.82, 2.24) is 5.32 Å². The van der Waals surface area contributed by atoms with Gasteiger partial charge in [0.2, 0.25) is 0 Å². The number of nitrogens with one attached hydrogen (secondary N) is 1. The summed E-state index contributed by atoms with van der Waals surface area (Å²) < 4.78 is 5.46. The highest BCUT2D eigenvalue weighted by Crippen LogP contribution is 2.48. The van der Waals surface area contributed by atoms with E-state index in [1.54, 1.807) is 19.2 Å². The van der Waals surface area contributed by atoms with Gasteiger partial charge in [-0.3, -0.25) is 0 Å². The van der Waals surface area contributed by atoms with E-state index in [1.807, 2.05) is 26.0 Å². The summed E-state index contributed by atoms with van der Waals surface area (Å²) in [6.45, 7) is 6.02. The van der Waals surface area contributed by atoms with Gasteiger partial charge in [0.05, 0.1) is 12.5 Å². The highest BCUT2D eigenvalue weighted by molar-refractivity contribution is 6.05. The molecular weight excluding hydrogens is 354 g/mol. The van der Waals surface area contributed by atoms with Crippen LogP contribution in [0.15, 0.2) is 30.3 Å². The molecule has 4 rings (SSSR count). The van der Waals surface area contributed by atoms with Crippen LogP contribution in [0.5, 0.6) is 23.0 Å². The van der Waals surface area contributed by atoms with E-state index in [1.165, 1.54) is 6.07 Å². The third kappa shape index (κ3) is 2.74. The Morgan fingerprint density at radius 1 is 1.00 bits per heavy atom. The topological polar surface area (TPSA) is 82.0 Å². The van der Waals surface area contributed by atoms with Crippen molar-refractivity contribution in [2.75, 3.05) is 7.11 Å². The van der Waals surface area contributed by atoms with Gasteiger partial charge in [-0.05, 0) is 67.5 Å². The highest BCUT2D eigenvalue weighted by Gasteiger charge is 2.29. The van der Waals surface area contributed by atoms with Crippen LogP contribution in [0.4, 0.5) is 0 Å². The Morgan fingerprint density at radius 2 is 1.75 bits per heavy atom. The molecule has 28 heavy (non-hydrogen) atoms. The Balaban J connectivity index is 2.12. The van der Waals surface area contributed by atoms with Crippen LogP contribution in [0.25, 0.3) is 21.9 Å². The lowest BCUT2D eigenvalue weighted by atomic mass is 9.83. The Hall–Kier alpha value is -2.92. The third-order valence-electron chi connectivity index (χ3n) is 5.60. The lowest BCUT2D eigenvalue weighted by molar-refractivity contribution is 0.402. The summed E-state index contributed by atoms with van der Waals surface area (Å²) in [5.74, 6) is 0.848. The molecule has 1 aliphatic heterocycles. The first-order valence-electron chi connectivity index (χ1n) is 9.46. The Morgan fingerprint density at radius 3 is 2.46 bits per heavy atom. The molecule has 0 radical (unpaired) electrons. The number of benzene rings is 3. The van der Waals surface area contributed by atoms with Gasteiger partial charge in [-0.25, -0.2) is 0 Å². The molecule has 1 heterocycles. The second kappa shape index (κ2) is 6.60. The number of aryl methyl sites for hydroxylation is 1. The molecule has 2 atom stereocenters. The van der Waals surface area contributed by atoms with Crippen LogP contribution < -0.4 is 10.1 Å². The maximum absolute atomic E-state index is 10.8. The van der Waals surface area contributed by atoms with E-state index < -0.39 is 0 Å². The molecule has 0 amide bonds. The minimum absolute atomic E-state index is 0.0299. The summed E-state index contributed by atoms with van der Waals surface area (Å²) >= 11 is 0. The van der Waals surface area contributed by atoms with Gasteiger partial charge in [-0.2, -0.15) is 0 Å². The second-order valence-electron chi connectivity index (χ2n) is 7.70. The number of phenolic OH excluding ortho intramolecular Hbond substituents is 3. The monoisotopic (exact) mass is 379 g/mol. The molecule has 0 aromatic heterocycles. The summed E-state index contributed by atoms with van der Waals surface area (Å²) in [7, 11) is 1.57. The molecule has 146 valence electrons. The van der Waals surface area contributed by atoms with Gasteiger partial charge in [0.1, 0.15) is 23.0 Å². The van der Waals surface area contributed by atoms with Gasteiger partial charge in [0.15, 0.2) is 0 Å². The normalized spacial score (nSPS) is 18.9. The summed E-state index contributed by atoms with van der Waals surface area (Å²) in [5, 5.41) is 36.8. The Kier molecular flexibility index (Phi) is 4.35. The van der Waals surface area contributed by atoms with Crippen molar-refractivity contribution in [2.24, 2.45) is 0 Å². The molecule has 5 nitrogen and oxygen atoms in total. The zero-order chi connectivity index (χ0) is 20.2. The van der Waals surface area contributed by atoms with Crippen LogP contribution >= 0.6 is 0 Å². The highest BCUT2D eigenvalue weighted by atomic mass is 16.5. The molecule has 4 N–H and O–H groups in total. The van der Waals surface area contributed by atoms with Crippen molar-refractivity contribution in [2.45, 2.75) is 39.3 Å². The number of aromatic hydroxyl groups is 3. The number of phenols is 3. The summed E-state index contributed by atoms with van der Waals surface area (Å²) in [6.07, 6.45) is 0.683. The molecular formula is C23H25NO4. The minimum Gasteiger partial charge on any atom is -0.507 e. The molecule has 0 bridgehead atoms. The fourth-order valence-corrected chi connectivity index (χ4v) is 4.55. The molecule has 0 saturated carbocycles. The number of ether oxygens (including phenoxy) is 1. The van der Waals surface area contributed by atoms with Crippen LogP contribution in [0, 0.1) is 6.92 Å². The Bertz CT molecular complexity index is 1090. The van der Waals surface area contributed by atoms with Crippen molar-refractivity contribution >= 4 is 10.8 Å². The zero-order valence-corrected chi connectivity index (χ0v) is 16.5. The van der Waals surface area contributed by atoms with Crippen molar-refractivity contribution in [3.05, 3.63) is 47.0 Å². The molecule has 3 aromatic rings. The number of methoxy groups -OCH3 is 1. The fraction of sp³-hybridized carbons (Fsp3) is 0.304. The predicted molar refractivity (Wildman–Crippen MR) is 110 cm³/mol. The number of hydrogen-bond acceptors (Lipinski definition) is 5. The molecule has 0 saturated heterocycles. The van der Waals surface area contributed by atoms with Gasteiger partial charge in [-0.1, -0.05) is 6.07 Å². The van der Waals surface area contributed by atoms with E-state index in [0.29, 0.717) is 23.1 Å². The van der Waals surface area contributed by atoms with Crippen LogP contribution in [0.2, 0.25) is 0 Å². The molecule has 2 unspecified atom stereocenters. The standard InChI is InChI=1S/C23H25NO4/c1-11-7-15-14(5-6-20(28-4)23(15)17(25)8-11)22-16-9-12(2)24-13(3)21(16)18(26)10-19(22)27/h5-8,10,12-13,24-27H,9H2,1-4H3. The largest absolute Gasteiger partial charge is 0.507 e. The van der Waals surface area contributed by atoms with Gasteiger partial charge in [-0.15, -0.1) is 0 Å². The van der Waals surface area contributed by atoms with Gasteiger partial charge in [0, 0.05) is 29.3 Å². The molecule has 1 aliphatic rings. The van der Waals surface area contributed by atoms with Crippen LogP contribution in [-0.4, -0.2) is 28.5 Å². The van der Waals surface area contributed by atoms with Gasteiger partial charge >= 0.3 is 0 Å². The van der Waals surface area contributed by atoms with Crippen molar-refractivity contribution < 1.29 is 20.1 Å². The minimum atomic E-state index is -0.0299. The van der Waals surface area contributed by atoms with Gasteiger partial charge in [0.25, 0.3) is 0 Å².